The molecule has 1 saturated carbocycles. The minimum Gasteiger partial charge on any atom is -0.370 e. The van der Waals surface area contributed by atoms with Crippen molar-refractivity contribution in [1.82, 2.24) is 5.32 Å². The van der Waals surface area contributed by atoms with Gasteiger partial charge in [0.1, 0.15) is 0 Å². The van der Waals surface area contributed by atoms with Crippen LogP contribution in [0.3, 0.4) is 0 Å². The molecule has 0 aromatic heterocycles. The predicted molar refractivity (Wildman–Crippen MR) is 102 cm³/mol. The summed E-state index contributed by atoms with van der Waals surface area (Å²) in [5, 5.41) is 3.35. The van der Waals surface area contributed by atoms with Crippen LogP contribution in [0.2, 0.25) is 0 Å². The third-order valence-corrected chi connectivity index (χ3v) is 4.01. The highest BCUT2D eigenvalue weighted by molar-refractivity contribution is 14.0. The van der Waals surface area contributed by atoms with Crippen LogP contribution in [0.1, 0.15) is 56.1 Å². The zero-order valence-corrected chi connectivity index (χ0v) is 15.5. The lowest BCUT2D eigenvalue weighted by atomic mass is 10.0. The molecule has 0 amide bonds. The van der Waals surface area contributed by atoms with Gasteiger partial charge in [-0.1, -0.05) is 50.5 Å². The quantitative estimate of drug-likeness (QED) is 0.315. The molecule has 0 heterocycles. The van der Waals surface area contributed by atoms with E-state index in [0.717, 1.165) is 19.4 Å². The number of aliphatic imine (C=N–C) groups is 1. The first kappa shape index (κ1) is 18.3. The zero-order valence-electron chi connectivity index (χ0n) is 13.1. The number of hydrogen-bond acceptors (Lipinski definition) is 1. The number of unbranched alkanes of at least 4 members (excludes halogenated alkanes) is 3. The normalized spacial score (nSPS) is 20.8. The number of nitrogens with zero attached hydrogens (tertiary/aromatic N) is 1. The molecular formula is C17H28IN3. The molecule has 1 aliphatic carbocycles. The molecule has 0 radical (unpaired) electrons. The van der Waals surface area contributed by atoms with Gasteiger partial charge in [-0.3, -0.25) is 4.99 Å². The van der Waals surface area contributed by atoms with Gasteiger partial charge < -0.3 is 11.1 Å². The third-order valence-electron chi connectivity index (χ3n) is 4.01. The number of nitrogens with two attached hydrogens (primary N) is 1. The van der Waals surface area contributed by atoms with Crippen molar-refractivity contribution in [2.24, 2.45) is 10.7 Å². The van der Waals surface area contributed by atoms with Crippen LogP contribution in [-0.4, -0.2) is 18.5 Å². The Morgan fingerprint density at radius 2 is 2.05 bits per heavy atom. The molecule has 118 valence electrons. The van der Waals surface area contributed by atoms with Crippen LogP contribution < -0.4 is 11.1 Å². The smallest absolute Gasteiger partial charge is 0.188 e. The Morgan fingerprint density at radius 1 is 1.29 bits per heavy atom. The Kier molecular flexibility index (Phi) is 8.07. The fourth-order valence-electron chi connectivity index (χ4n) is 2.67. The Balaban J connectivity index is 0.00000220. The monoisotopic (exact) mass is 401 g/mol. The molecule has 1 aromatic rings. The van der Waals surface area contributed by atoms with Crippen LogP contribution in [0.5, 0.6) is 0 Å². The summed E-state index contributed by atoms with van der Waals surface area (Å²) in [5.74, 6) is 1.22. The molecule has 1 aliphatic rings. The minimum absolute atomic E-state index is 0. The Hall–Kier alpha value is -0.780. The van der Waals surface area contributed by atoms with E-state index in [-0.39, 0.29) is 24.0 Å². The van der Waals surface area contributed by atoms with Crippen molar-refractivity contribution in [3.05, 3.63) is 35.4 Å². The second-order valence-electron chi connectivity index (χ2n) is 5.78. The first-order valence-corrected chi connectivity index (χ1v) is 7.84. The number of nitrogens with one attached hydrogen (secondary N) is 1. The topological polar surface area (TPSA) is 50.4 Å². The number of aryl methyl sites for hydroxylation is 1. The second kappa shape index (κ2) is 9.28. The molecule has 1 aromatic carbocycles. The van der Waals surface area contributed by atoms with Gasteiger partial charge in [0.2, 0.25) is 0 Å². The van der Waals surface area contributed by atoms with Crippen molar-refractivity contribution < 1.29 is 0 Å². The number of rotatable bonds is 7. The van der Waals surface area contributed by atoms with E-state index in [4.69, 9.17) is 5.73 Å². The van der Waals surface area contributed by atoms with Gasteiger partial charge in [0.25, 0.3) is 0 Å². The Labute approximate surface area is 145 Å². The third kappa shape index (κ3) is 5.85. The molecular weight excluding hydrogens is 373 g/mol. The summed E-state index contributed by atoms with van der Waals surface area (Å²) in [6, 6.07) is 9.07. The fraction of sp³-hybridized carbons (Fsp3) is 0.588. The summed E-state index contributed by atoms with van der Waals surface area (Å²) in [6.45, 7) is 5.24. The van der Waals surface area contributed by atoms with Crippen LogP contribution in [0.25, 0.3) is 0 Å². The second-order valence-corrected chi connectivity index (χ2v) is 5.78. The lowest BCUT2D eigenvalue weighted by Crippen LogP contribution is -2.34. The fourth-order valence-corrected chi connectivity index (χ4v) is 2.67. The maximum atomic E-state index is 5.95. The average molecular weight is 401 g/mol. The van der Waals surface area contributed by atoms with Gasteiger partial charge >= 0.3 is 0 Å². The van der Waals surface area contributed by atoms with Gasteiger partial charge in [0.15, 0.2) is 5.96 Å². The molecule has 0 saturated heterocycles. The van der Waals surface area contributed by atoms with Crippen molar-refractivity contribution in [1.29, 1.82) is 0 Å². The van der Waals surface area contributed by atoms with E-state index in [1.165, 1.54) is 30.4 Å². The number of guanidine groups is 1. The highest BCUT2D eigenvalue weighted by Gasteiger charge is 2.39. The average Bonchev–Trinajstić information content (AvgIpc) is 3.18. The van der Waals surface area contributed by atoms with E-state index in [0.29, 0.717) is 17.9 Å². The highest BCUT2D eigenvalue weighted by atomic mass is 127. The summed E-state index contributed by atoms with van der Waals surface area (Å²) in [6.07, 6.45) is 6.11. The number of benzene rings is 1. The van der Waals surface area contributed by atoms with Gasteiger partial charge in [-0.25, -0.2) is 0 Å². The van der Waals surface area contributed by atoms with Crippen LogP contribution in [0, 0.1) is 6.92 Å². The van der Waals surface area contributed by atoms with Crippen molar-refractivity contribution in [3.8, 4) is 0 Å². The Morgan fingerprint density at radius 3 is 2.76 bits per heavy atom. The molecule has 0 spiro atoms. The molecule has 2 rings (SSSR count). The van der Waals surface area contributed by atoms with Crippen molar-refractivity contribution >= 4 is 29.9 Å². The SMILES string of the molecule is CCCCCCN=C(N)NC1CC1c1ccccc1C.I. The van der Waals surface area contributed by atoms with E-state index in [2.05, 4.69) is 48.4 Å². The molecule has 21 heavy (non-hydrogen) atoms. The lowest BCUT2D eigenvalue weighted by Gasteiger charge is -2.07. The summed E-state index contributed by atoms with van der Waals surface area (Å²) in [4.78, 5) is 4.41. The maximum absolute atomic E-state index is 5.95. The van der Waals surface area contributed by atoms with E-state index in [1.807, 2.05) is 0 Å². The van der Waals surface area contributed by atoms with Gasteiger partial charge in [-0.2, -0.15) is 0 Å². The first-order valence-electron chi connectivity index (χ1n) is 7.84. The summed E-state index contributed by atoms with van der Waals surface area (Å²) >= 11 is 0. The maximum Gasteiger partial charge on any atom is 0.188 e. The summed E-state index contributed by atoms with van der Waals surface area (Å²) in [7, 11) is 0. The highest BCUT2D eigenvalue weighted by Crippen LogP contribution is 2.41. The molecule has 2 unspecified atom stereocenters. The number of halogens is 1. The lowest BCUT2D eigenvalue weighted by molar-refractivity contribution is 0.672. The van der Waals surface area contributed by atoms with Crippen molar-refractivity contribution in [3.63, 3.8) is 0 Å². The molecule has 1 fully saturated rings. The van der Waals surface area contributed by atoms with E-state index in [1.54, 1.807) is 0 Å². The molecule has 2 atom stereocenters. The molecule has 4 heteroatoms. The van der Waals surface area contributed by atoms with E-state index < -0.39 is 0 Å². The Bertz CT molecular complexity index is 459. The van der Waals surface area contributed by atoms with Crippen LogP contribution in [0.15, 0.2) is 29.3 Å². The zero-order chi connectivity index (χ0) is 14.4. The van der Waals surface area contributed by atoms with Gasteiger partial charge in [0.05, 0.1) is 0 Å². The largest absolute Gasteiger partial charge is 0.370 e. The van der Waals surface area contributed by atoms with Crippen LogP contribution >= 0.6 is 24.0 Å². The van der Waals surface area contributed by atoms with E-state index in [9.17, 15) is 0 Å². The van der Waals surface area contributed by atoms with Gasteiger partial charge in [-0.05, 0) is 30.9 Å². The number of hydrogen-bond donors (Lipinski definition) is 2. The minimum atomic E-state index is 0. The first-order chi connectivity index (χ1) is 9.72. The van der Waals surface area contributed by atoms with Crippen LogP contribution in [-0.2, 0) is 0 Å². The predicted octanol–water partition coefficient (Wildman–Crippen LogP) is 3.95. The standard InChI is InChI=1S/C17H27N3.HI/c1-3-4-5-8-11-19-17(18)20-16-12-15(16)14-10-7-6-9-13(14)2;/h6-7,9-10,15-16H,3-5,8,11-12H2,1-2H3,(H3,18,19,20);1H. The molecule has 0 aliphatic heterocycles. The van der Waals surface area contributed by atoms with Crippen LogP contribution in [0.4, 0.5) is 0 Å². The van der Waals surface area contributed by atoms with Gasteiger partial charge in [0, 0.05) is 18.5 Å². The molecule has 3 nitrogen and oxygen atoms in total. The van der Waals surface area contributed by atoms with Crippen molar-refractivity contribution in [2.75, 3.05) is 6.54 Å². The molecule has 3 N–H and O–H groups in total. The summed E-state index contributed by atoms with van der Waals surface area (Å²) in [5.41, 5.74) is 8.76. The van der Waals surface area contributed by atoms with Gasteiger partial charge in [-0.15, -0.1) is 24.0 Å². The summed E-state index contributed by atoms with van der Waals surface area (Å²) < 4.78 is 0. The van der Waals surface area contributed by atoms with Crippen molar-refractivity contribution in [2.45, 2.75) is 57.9 Å². The van der Waals surface area contributed by atoms with E-state index >= 15 is 0 Å². The molecule has 0 bridgehead atoms.